The Labute approximate surface area is 116 Å². The van der Waals surface area contributed by atoms with Crippen LogP contribution in [0.25, 0.3) is 0 Å². The Hall–Kier alpha value is -0.910. The highest BCUT2D eigenvalue weighted by Gasteiger charge is 2.16. The summed E-state index contributed by atoms with van der Waals surface area (Å²) in [6.45, 7) is 7.63. The van der Waals surface area contributed by atoms with Crippen molar-refractivity contribution in [2.45, 2.75) is 51.1 Å². The van der Waals surface area contributed by atoms with E-state index in [-0.39, 0.29) is 6.04 Å². The van der Waals surface area contributed by atoms with Crippen LogP contribution in [0.3, 0.4) is 0 Å². The molecule has 1 atom stereocenters. The van der Waals surface area contributed by atoms with Crippen LogP contribution >= 0.6 is 0 Å². The topological polar surface area (TPSA) is 58.2 Å². The molecule has 0 spiro atoms. The van der Waals surface area contributed by atoms with E-state index in [0.29, 0.717) is 4.90 Å². The second kappa shape index (κ2) is 7.62. The summed E-state index contributed by atoms with van der Waals surface area (Å²) in [4.78, 5) is 0.329. The van der Waals surface area contributed by atoms with Crippen LogP contribution in [-0.2, 0) is 16.6 Å². The minimum atomic E-state index is -3.39. The summed E-state index contributed by atoms with van der Waals surface area (Å²) >= 11 is 0. The summed E-state index contributed by atoms with van der Waals surface area (Å²) in [5.74, 6) is 0. The van der Waals surface area contributed by atoms with E-state index in [1.54, 1.807) is 12.1 Å². The van der Waals surface area contributed by atoms with Gasteiger partial charge in [0.25, 0.3) is 0 Å². The maximum absolute atomic E-state index is 12.1. The van der Waals surface area contributed by atoms with Gasteiger partial charge in [-0.1, -0.05) is 32.4 Å². The van der Waals surface area contributed by atoms with Crippen molar-refractivity contribution in [1.82, 2.24) is 10.0 Å². The zero-order valence-corrected chi connectivity index (χ0v) is 12.8. The molecular weight excluding hydrogens is 260 g/mol. The first-order valence-electron chi connectivity index (χ1n) is 6.81. The van der Waals surface area contributed by atoms with Crippen molar-refractivity contribution < 1.29 is 8.42 Å². The molecule has 4 nitrogen and oxygen atoms in total. The van der Waals surface area contributed by atoms with Gasteiger partial charge in [-0.3, -0.25) is 0 Å². The Morgan fingerprint density at radius 2 is 1.79 bits per heavy atom. The number of hydrogen-bond donors (Lipinski definition) is 2. The van der Waals surface area contributed by atoms with E-state index in [4.69, 9.17) is 0 Å². The van der Waals surface area contributed by atoms with Crippen LogP contribution in [0.15, 0.2) is 29.2 Å². The zero-order chi connectivity index (χ0) is 14.3. The average Bonchev–Trinajstić information content (AvgIpc) is 2.36. The highest BCUT2D eigenvalue weighted by atomic mass is 32.2. The van der Waals surface area contributed by atoms with Crippen LogP contribution in [0, 0.1) is 0 Å². The van der Waals surface area contributed by atoms with Crippen molar-refractivity contribution in [2.24, 2.45) is 0 Å². The van der Waals surface area contributed by atoms with Gasteiger partial charge in [0.05, 0.1) is 4.90 Å². The molecule has 0 saturated heterocycles. The quantitative estimate of drug-likeness (QED) is 0.770. The maximum Gasteiger partial charge on any atom is 0.240 e. The lowest BCUT2D eigenvalue weighted by Gasteiger charge is -2.13. The van der Waals surface area contributed by atoms with E-state index in [1.165, 1.54) is 0 Å². The van der Waals surface area contributed by atoms with Gasteiger partial charge in [-0.15, -0.1) is 0 Å². The molecule has 1 aromatic carbocycles. The van der Waals surface area contributed by atoms with Gasteiger partial charge in [-0.05, 0) is 37.6 Å². The van der Waals surface area contributed by atoms with Gasteiger partial charge in [-0.25, -0.2) is 13.1 Å². The SMILES string of the molecule is CCCC(C)NS(=O)(=O)c1ccc(CNCC)cc1. The third-order valence-corrected chi connectivity index (χ3v) is 4.50. The fourth-order valence-electron chi connectivity index (χ4n) is 1.88. The predicted molar refractivity (Wildman–Crippen MR) is 78.5 cm³/mol. The summed E-state index contributed by atoms with van der Waals surface area (Å²) in [7, 11) is -3.39. The van der Waals surface area contributed by atoms with E-state index < -0.39 is 10.0 Å². The fraction of sp³-hybridized carbons (Fsp3) is 0.571. The van der Waals surface area contributed by atoms with Gasteiger partial charge in [0.1, 0.15) is 0 Å². The second-order valence-corrected chi connectivity index (χ2v) is 6.45. The molecule has 19 heavy (non-hydrogen) atoms. The summed E-state index contributed by atoms with van der Waals surface area (Å²) in [5.41, 5.74) is 1.09. The average molecular weight is 284 g/mol. The molecule has 0 fully saturated rings. The third kappa shape index (κ3) is 5.30. The number of nitrogens with one attached hydrogen (secondary N) is 2. The molecule has 0 heterocycles. The Balaban J connectivity index is 2.73. The standard InChI is InChI=1S/C14H24N2O2S/c1-4-6-12(3)16-19(17,18)14-9-7-13(8-10-14)11-15-5-2/h7-10,12,15-16H,4-6,11H2,1-3H3. The smallest absolute Gasteiger partial charge is 0.240 e. The Morgan fingerprint density at radius 1 is 1.16 bits per heavy atom. The lowest BCUT2D eigenvalue weighted by Crippen LogP contribution is -2.32. The minimum absolute atomic E-state index is 0.0311. The molecule has 0 saturated carbocycles. The van der Waals surface area contributed by atoms with Gasteiger partial charge in [-0.2, -0.15) is 0 Å². The first-order chi connectivity index (χ1) is 8.99. The van der Waals surface area contributed by atoms with Crippen LogP contribution in [0.1, 0.15) is 39.2 Å². The van der Waals surface area contributed by atoms with Gasteiger partial charge in [0, 0.05) is 12.6 Å². The lowest BCUT2D eigenvalue weighted by atomic mass is 10.2. The van der Waals surface area contributed by atoms with Crippen molar-refractivity contribution in [2.75, 3.05) is 6.54 Å². The highest BCUT2D eigenvalue weighted by Crippen LogP contribution is 2.12. The van der Waals surface area contributed by atoms with Crippen LogP contribution in [-0.4, -0.2) is 21.0 Å². The third-order valence-electron chi connectivity index (χ3n) is 2.89. The maximum atomic E-state index is 12.1. The van der Waals surface area contributed by atoms with E-state index in [0.717, 1.165) is 31.5 Å². The van der Waals surface area contributed by atoms with Gasteiger partial charge in [0.15, 0.2) is 0 Å². The first-order valence-corrected chi connectivity index (χ1v) is 8.30. The normalized spacial score (nSPS) is 13.4. The molecule has 108 valence electrons. The summed E-state index contributed by atoms with van der Waals surface area (Å²) in [6.07, 6.45) is 1.81. The Bertz CT molecular complexity index is 469. The minimum Gasteiger partial charge on any atom is -0.313 e. The lowest BCUT2D eigenvalue weighted by molar-refractivity contribution is 0.544. The van der Waals surface area contributed by atoms with Crippen LogP contribution in [0.4, 0.5) is 0 Å². The molecule has 0 bridgehead atoms. The molecule has 0 aliphatic heterocycles. The van der Waals surface area contributed by atoms with Gasteiger partial charge >= 0.3 is 0 Å². The highest BCUT2D eigenvalue weighted by molar-refractivity contribution is 7.89. The second-order valence-electron chi connectivity index (χ2n) is 4.74. The van der Waals surface area contributed by atoms with Crippen LogP contribution in [0.2, 0.25) is 0 Å². The monoisotopic (exact) mass is 284 g/mol. The summed E-state index contributed by atoms with van der Waals surface area (Å²) in [6, 6.07) is 6.99. The first kappa shape index (κ1) is 16.1. The summed E-state index contributed by atoms with van der Waals surface area (Å²) in [5, 5.41) is 3.21. The van der Waals surface area contributed by atoms with E-state index in [2.05, 4.69) is 10.0 Å². The fourth-order valence-corrected chi connectivity index (χ4v) is 3.16. The van der Waals surface area contributed by atoms with Crippen molar-refractivity contribution in [3.05, 3.63) is 29.8 Å². The number of sulfonamides is 1. The van der Waals surface area contributed by atoms with Crippen LogP contribution < -0.4 is 10.0 Å². The van der Waals surface area contributed by atoms with Crippen molar-refractivity contribution in [3.63, 3.8) is 0 Å². The number of hydrogen-bond acceptors (Lipinski definition) is 3. The molecule has 0 amide bonds. The summed E-state index contributed by atoms with van der Waals surface area (Å²) < 4.78 is 26.9. The van der Waals surface area contributed by atoms with Gasteiger partial charge < -0.3 is 5.32 Å². The molecule has 5 heteroatoms. The van der Waals surface area contributed by atoms with Gasteiger partial charge in [0.2, 0.25) is 10.0 Å². The molecule has 0 aromatic heterocycles. The number of rotatable bonds is 8. The molecule has 1 aromatic rings. The molecule has 0 radical (unpaired) electrons. The zero-order valence-electron chi connectivity index (χ0n) is 11.9. The largest absolute Gasteiger partial charge is 0.313 e. The predicted octanol–water partition coefficient (Wildman–Crippen LogP) is 2.26. The molecule has 1 unspecified atom stereocenters. The van der Waals surface area contributed by atoms with Crippen molar-refractivity contribution >= 4 is 10.0 Å². The van der Waals surface area contributed by atoms with Crippen molar-refractivity contribution in [3.8, 4) is 0 Å². The number of benzene rings is 1. The molecule has 0 aliphatic carbocycles. The van der Waals surface area contributed by atoms with E-state index in [9.17, 15) is 8.42 Å². The Kier molecular flexibility index (Phi) is 6.48. The van der Waals surface area contributed by atoms with E-state index in [1.807, 2.05) is 32.9 Å². The molecule has 2 N–H and O–H groups in total. The molecule has 0 aliphatic rings. The van der Waals surface area contributed by atoms with E-state index >= 15 is 0 Å². The molecular formula is C14H24N2O2S. The van der Waals surface area contributed by atoms with Crippen molar-refractivity contribution in [1.29, 1.82) is 0 Å². The Morgan fingerprint density at radius 3 is 2.32 bits per heavy atom. The van der Waals surface area contributed by atoms with Crippen LogP contribution in [0.5, 0.6) is 0 Å². The molecule has 1 rings (SSSR count).